The Balaban J connectivity index is 1.47. The molecule has 1 fully saturated rings. The number of methoxy groups -OCH3 is 1. The Morgan fingerprint density at radius 1 is 1.21 bits per heavy atom. The lowest BCUT2D eigenvalue weighted by atomic mass is 9.94. The SMILES string of the molecule is COc1cc(C=C2CCCN3C2=NOC3(CO)c2ccc(F)cc2)ccc1-c1cnccn1. The summed E-state index contributed by atoms with van der Waals surface area (Å²) in [5.74, 6) is 1.03. The number of amidine groups is 1. The van der Waals surface area contributed by atoms with E-state index >= 15 is 0 Å². The summed E-state index contributed by atoms with van der Waals surface area (Å²) in [6.07, 6.45) is 8.71. The van der Waals surface area contributed by atoms with Crippen LogP contribution in [0.2, 0.25) is 0 Å². The number of hydrogen-bond donors (Lipinski definition) is 1. The van der Waals surface area contributed by atoms with Gasteiger partial charge in [0.05, 0.1) is 19.0 Å². The predicted molar refractivity (Wildman–Crippen MR) is 122 cm³/mol. The summed E-state index contributed by atoms with van der Waals surface area (Å²) in [6, 6.07) is 11.9. The van der Waals surface area contributed by atoms with Crippen LogP contribution in [0.15, 0.2) is 71.8 Å². The molecule has 1 atom stereocenters. The van der Waals surface area contributed by atoms with Crippen LogP contribution in [0.25, 0.3) is 17.3 Å². The highest BCUT2D eigenvalue weighted by atomic mass is 19.1. The number of halogens is 1. The zero-order valence-electron chi connectivity index (χ0n) is 18.1. The van der Waals surface area contributed by atoms with Gasteiger partial charge < -0.3 is 19.6 Å². The summed E-state index contributed by atoms with van der Waals surface area (Å²) in [6.45, 7) is 0.364. The van der Waals surface area contributed by atoms with Crippen molar-refractivity contribution < 1.29 is 19.1 Å². The Hall–Kier alpha value is -3.78. The van der Waals surface area contributed by atoms with Gasteiger partial charge in [0.1, 0.15) is 18.2 Å². The number of aliphatic hydroxyl groups excluding tert-OH is 1. The molecule has 1 saturated heterocycles. The van der Waals surface area contributed by atoms with E-state index in [2.05, 4.69) is 21.2 Å². The van der Waals surface area contributed by atoms with Crippen LogP contribution in [-0.2, 0) is 10.6 Å². The number of benzene rings is 2. The smallest absolute Gasteiger partial charge is 0.260 e. The van der Waals surface area contributed by atoms with Gasteiger partial charge in [-0.2, -0.15) is 0 Å². The first-order valence-corrected chi connectivity index (χ1v) is 10.7. The zero-order chi connectivity index (χ0) is 22.8. The molecule has 0 aliphatic carbocycles. The molecule has 1 N–H and O–H groups in total. The van der Waals surface area contributed by atoms with E-state index in [0.29, 0.717) is 23.7 Å². The maximum Gasteiger partial charge on any atom is 0.260 e. The number of fused-ring (bicyclic) bond motifs is 1. The van der Waals surface area contributed by atoms with E-state index in [-0.39, 0.29) is 12.4 Å². The van der Waals surface area contributed by atoms with Crippen molar-refractivity contribution in [3.05, 3.63) is 83.6 Å². The fourth-order valence-corrected chi connectivity index (χ4v) is 4.36. The van der Waals surface area contributed by atoms with Crippen LogP contribution < -0.4 is 4.74 Å². The number of oxime groups is 1. The van der Waals surface area contributed by atoms with Crippen LogP contribution in [0, 0.1) is 5.82 Å². The monoisotopic (exact) mass is 446 g/mol. The molecule has 8 heteroatoms. The molecule has 7 nitrogen and oxygen atoms in total. The third-order valence-electron chi connectivity index (χ3n) is 6.01. The molecule has 168 valence electrons. The third-order valence-corrected chi connectivity index (χ3v) is 6.01. The van der Waals surface area contributed by atoms with Crippen LogP contribution in [0.3, 0.4) is 0 Å². The van der Waals surface area contributed by atoms with E-state index in [1.807, 2.05) is 23.1 Å². The molecule has 0 spiro atoms. The number of ether oxygens (including phenoxy) is 1. The first-order chi connectivity index (χ1) is 16.1. The molecule has 1 aromatic heterocycles. The maximum atomic E-state index is 13.5. The molecule has 3 heterocycles. The summed E-state index contributed by atoms with van der Waals surface area (Å²) in [4.78, 5) is 16.3. The summed E-state index contributed by atoms with van der Waals surface area (Å²) in [5.41, 5.74) is 3.03. The highest BCUT2D eigenvalue weighted by Gasteiger charge is 2.49. The van der Waals surface area contributed by atoms with Gasteiger partial charge in [-0.05, 0) is 66.5 Å². The Morgan fingerprint density at radius 3 is 2.79 bits per heavy atom. The average molecular weight is 446 g/mol. The summed E-state index contributed by atoms with van der Waals surface area (Å²) in [7, 11) is 1.63. The van der Waals surface area contributed by atoms with Crippen molar-refractivity contribution in [1.82, 2.24) is 14.9 Å². The lowest BCUT2D eigenvalue weighted by molar-refractivity contribution is -0.137. The Labute approximate surface area is 190 Å². The minimum atomic E-state index is -1.16. The van der Waals surface area contributed by atoms with Crippen molar-refractivity contribution in [1.29, 1.82) is 0 Å². The number of aromatic nitrogens is 2. The van der Waals surface area contributed by atoms with Gasteiger partial charge in [0.15, 0.2) is 5.84 Å². The molecule has 2 aliphatic heterocycles. The largest absolute Gasteiger partial charge is 0.496 e. The zero-order valence-corrected chi connectivity index (χ0v) is 18.1. The normalized spacial score (nSPS) is 20.9. The molecule has 0 amide bonds. The topological polar surface area (TPSA) is 80.1 Å². The second kappa shape index (κ2) is 8.63. The highest BCUT2D eigenvalue weighted by molar-refractivity contribution is 6.03. The third kappa shape index (κ3) is 3.72. The summed E-state index contributed by atoms with van der Waals surface area (Å²) >= 11 is 0. The second-order valence-electron chi connectivity index (χ2n) is 7.93. The number of nitrogens with zero attached hydrogens (tertiary/aromatic N) is 4. The van der Waals surface area contributed by atoms with Gasteiger partial charge in [0.2, 0.25) is 0 Å². The highest BCUT2D eigenvalue weighted by Crippen LogP contribution is 2.40. The number of rotatable bonds is 5. The quantitative estimate of drug-likeness (QED) is 0.639. The van der Waals surface area contributed by atoms with Crippen LogP contribution >= 0.6 is 0 Å². The maximum absolute atomic E-state index is 13.5. The van der Waals surface area contributed by atoms with E-state index in [1.54, 1.807) is 37.8 Å². The summed E-state index contributed by atoms with van der Waals surface area (Å²) < 4.78 is 19.1. The number of hydrogen-bond acceptors (Lipinski definition) is 7. The average Bonchev–Trinajstić information content (AvgIpc) is 3.26. The van der Waals surface area contributed by atoms with Gasteiger partial charge in [-0.25, -0.2) is 4.39 Å². The summed E-state index contributed by atoms with van der Waals surface area (Å²) in [5, 5.41) is 14.6. The predicted octanol–water partition coefficient (Wildman–Crippen LogP) is 3.96. The van der Waals surface area contributed by atoms with Crippen LogP contribution in [0.1, 0.15) is 24.0 Å². The molecule has 5 rings (SSSR count). The van der Waals surface area contributed by atoms with Gasteiger partial charge in [-0.1, -0.05) is 11.2 Å². The molecule has 3 aromatic rings. The van der Waals surface area contributed by atoms with Crippen molar-refractivity contribution in [3.63, 3.8) is 0 Å². The fraction of sp³-hybridized carbons (Fsp3) is 0.240. The van der Waals surface area contributed by atoms with Crippen LogP contribution in [0.4, 0.5) is 4.39 Å². The first kappa shape index (κ1) is 21.1. The van der Waals surface area contributed by atoms with Gasteiger partial charge in [0, 0.05) is 30.1 Å². The minimum Gasteiger partial charge on any atom is -0.496 e. The van der Waals surface area contributed by atoms with Gasteiger partial charge >= 0.3 is 0 Å². The van der Waals surface area contributed by atoms with Gasteiger partial charge in [-0.3, -0.25) is 9.97 Å². The number of piperidine rings is 1. The second-order valence-corrected chi connectivity index (χ2v) is 7.93. The standard InChI is InChI=1S/C25H23FN4O3/c1-32-23-14-17(4-9-21(23)22-15-27-10-11-28-22)13-18-3-2-12-30-24(18)29-33-25(30,16-31)19-5-7-20(26)8-6-19/h4-11,13-15,31H,2-3,12,16H2,1H3. The Kier molecular flexibility index (Phi) is 5.51. The Bertz CT molecular complexity index is 1210. The van der Waals surface area contributed by atoms with Crippen molar-refractivity contribution in [2.45, 2.75) is 18.6 Å². The lowest BCUT2D eigenvalue weighted by Crippen LogP contribution is -2.51. The van der Waals surface area contributed by atoms with E-state index in [0.717, 1.165) is 35.2 Å². The molecule has 2 aliphatic rings. The van der Waals surface area contributed by atoms with Crippen molar-refractivity contribution in [2.24, 2.45) is 5.16 Å². The van der Waals surface area contributed by atoms with E-state index in [4.69, 9.17) is 9.57 Å². The van der Waals surface area contributed by atoms with E-state index < -0.39 is 5.72 Å². The minimum absolute atomic E-state index is 0.306. The van der Waals surface area contributed by atoms with Crippen molar-refractivity contribution in [3.8, 4) is 17.0 Å². The van der Waals surface area contributed by atoms with Crippen molar-refractivity contribution >= 4 is 11.9 Å². The van der Waals surface area contributed by atoms with Crippen LogP contribution in [0.5, 0.6) is 5.75 Å². The van der Waals surface area contributed by atoms with E-state index in [1.165, 1.54) is 12.1 Å². The lowest BCUT2D eigenvalue weighted by Gasteiger charge is -2.38. The number of aliphatic hydroxyl groups is 1. The van der Waals surface area contributed by atoms with Gasteiger partial charge in [-0.15, -0.1) is 0 Å². The molecule has 0 radical (unpaired) electrons. The molecule has 0 saturated carbocycles. The van der Waals surface area contributed by atoms with Gasteiger partial charge in [0.25, 0.3) is 5.72 Å². The Morgan fingerprint density at radius 2 is 2.06 bits per heavy atom. The van der Waals surface area contributed by atoms with Crippen LogP contribution in [-0.4, -0.2) is 46.1 Å². The van der Waals surface area contributed by atoms with Crippen molar-refractivity contribution in [2.75, 3.05) is 20.3 Å². The van der Waals surface area contributed by atoms with E-state index in [9.17, 15) is 9.50 Å². The molecular formula is C25H23FN4O3. The molecule has 0 bridgehead atoms. The molecule has 1 unspecified atom stereocenters. The molecular weight excluding hydrogens is 423 g/mol. The fourth-order valence-electron chi connectivity index (χ4n) is 4.36. The molecule has 33 heavy (non-hydrogen) atoms. The molecule has 2 aromatic carbocycles. The first-order valence-electron chi connectivity index (χ1n) is 10.7.